The smallest absolute Gasteiger partial charge is 0.264 e. The van der Waals surface area contributed by atoms with Crippen molar-refractivity contribution in [2.45, 2.75) is 26.3 Å². The van der Waals surface area contributed by atoms with Gasteiger partial charge >= 0.3 is 0 Å². The summed E-state index contributed by atoms with van der Waals surface area (Å²) >= 11 is 0. The number of amides is 2. The van der Waals surface area contributed by atoms with Crippen LogP contribution >= 0.6 is 7.14 Å². The third-order valence-electron chi connectivity index (χ3n) is 5.51. The standard InChI is InChI=1S/C23H22FN2O4P.CH4/c1-31(2,30)11-9-17-18-12-15-4-3-10-25-20(15)21(27)19(18)23(29)26(22(17)28)13-14-5-7-16(24)8-6-14;/h3-8,10,12,17,27H,9,11,13H2,1-2H3;1H4. The first-order chi connectivity index (χ1) is 14.7. The van der Waals surface area contributed by atoms with Gasteiger partial charge in [-0.1, -0.05) is 25.6 Å². The molecule has 168 valence electrons. The molecule has 1 atom stereocenters. The highest BCUT2D eigenvalue weighted by Crippen LogP contribution is 2.44. The van der Waals surface area contributed by atoms with Crippen LogP contribution in [0.5, 0.6) is 5.75 Å². The highest BCUT2D eigenvalue weighted by Gasteiger charge is 2.41. The first kappa shape index (κ1) is 23.6. The number of hydrogen-bond acceptors (Lipinski definition) is 5. The third kappa shape index (κ3) is 4.44. The number of carbonyl (C=O) groups is 2. The minimum absolute atomic E-state index is 0. The Morgan fingerprint density at radius 3 is 2.50 bits per heavy atom. The SMILES string of the molecule is C.CP(C)(=O)CCC1C(=O)N(Cc2ccc(F)cc2)C(=O)c2c1cc1cccnc1c2O. The summed E-state index contributed by atoms with van der Waals surface area (Å²) in [6.07, 6.45) is 2.13. The molecule has 3 aromatic rings. The van der Waals surface area contributed by atoms with E-state index in [1.165, 1.54) is 30.5 Å². The molecule has 0 saturated carbocycles. The van der Waals surface area contributed by atoms with Crippen molar-refractivity contribution < 1.29 is 23.7 Å². The first-order valence-electron chi connectivity index (χ1n) is 9.90. The molecule has 1 N–H and O–H groups in total. The maximum atomic E-state index is 13.4. The van der Waals surface area contributed by atoms with Crippen LogP contribution in [0.3, 0.4) is 0 Å². The second-order valence-corrected chi connectivity index (χ2v) is 11.9. The van der Waals surface area contributed by atoms with Crippen LogP contribution in [-0.2, 0) is 15.9 Å². The lowest BCUT2D eigenvalue weighted by atomic mass is 9.84. The lowest BCUT2D eigenvalue weighted by Gasteiger charge is -2.33. The van der Waals surface area contributed by atoms with Crippen molar-refractivity contribution in [3.8, 4) is 5.75 Å². The van der Waals surface area contributed by atoms with E-state index in [0.29, 0.717) is 22.7 Å². The van der Waals surface area contributed by atoms with Crippen molar-refractivity contribution in [3.63, 3.8) is 0 Å². The van der Waals surface area contributed by atoms with Crippen LogP contribution in [0.4, 0.5) is 4.39 Å². The molecule has 0 radical (unpaired) electrons. The van der Waals surface area contributed by atoms with E-state index in [-0.39, 0.29) is 37.2 Å². The zero-order chi connectivity index (χ0) is 22.3. The molecule has 4 rings (SSSR count). The Morgan fingerprint density at radius 2 is 1.84 bits per heavy atom. The molecule has 2 aromatic carbocycles. The molecule has 1 unspecified atom stereocenters. The second-order valence-electron chi connectivity index (χ2n) is 8.26. The molecule has 0 saturated heterocycles. The van der Waals surface area contributed by atoms with Crippen LogP contribution in [-0.4, -0.2) is 46.3 Å². The van der Waals surface area contributed by atoms with Crippen LogP contribution < -0.4 is 0 Å². The highest BCUT2D eigenvalue weighted by molar-refractivity contribution is 7.62. The van der Waals surface area contributed by atoms with Crippen LogP contribution in [0.1, 0.15) is 41.3 Å². The highest BCUT2D eigenvalue weighted by atomic mass is 31.2. The monoisotopic (exact) mass is 456 g/mol. The predicted molar refractivity (Wildman–Crippen MR) is 123 cm³/mol. The Morgan fingerprint density at radius 1 is 1.16 bits per heavy atom. The van der Waals surface area contributed by atoms with E-state index >= 15 is 0 Å². The van der Waals surface area contributed by atoms with E-state index in [0.717, 1.165) is 4.90 Å². The largest absolute Gasteiger partial charge is 0.505 e. The van der Waals surface area contributed by atoms with Gasteiger partial charge in [-0.05, 0) is 55.1 Å². The van der Waals surface area contributed by atoms with Crippen molar-refractivity contribution >= 4 is 29.9 Å². The maximum absolute atomic E-state index is 13.4. The number of imide groups is 1. The fourth-order valence-electron chi connectivity index (χ4n) is 3.92. The molecule has 0 spiro atoms. The fourth-order valence-corrected chi connectivity index (χ4v) is 4.80. The first-order valence-corrected chi connectivity index (χ1v) is 12.7. The van der Waals surface area contributed by atoms with E-state index < -0.39 is 30.7 Å². The average molecular weight is 456 g/mol. The van der Waals surface area contributed by atoms with Crippen LogP contribution in [0.2, 0.25) is 0 Å². The van der Waals surface area contributed by atoms with E-state index in [1.807, 2.05) is 0 Å². The molecule has 1 aliphatic heterocycles. The Bertz CT molecular complexity index is 1240. The van der Waals surface area contributed by atoms with Gasteiger partial charge < -0.3 is 9.67 Å². The van der Waals surface area contributed by atoms with E-state index in [2.05, 4.69) is 4.98 Å². The zero-order valence-corrected chi connectivity index (χ0v) is 18.1. The molecular weight excluding hydrogens is 430 g/mol. The van der Waals surface area contributed by atoms with Crippen molar-refractivity contribution in [1.82, 2.24) is 9.88 Å². The summed E-state index contributed by atoms with van der Waals surface area (Å²) in [6.45, 7) is 3.26. The van der Waals surface area contributed by atoms with Gasteiger partial charge in [0, 0.05) is 17.7 Å². The lowest BCUT2D eigenvalue weighted by Crippen LogP contribution is -2.44. The summed E-state index contributed by atoms with van der Waals surface area (Å²) in [6, 6.07) is 10.7. The summed E-state index contributed by atoms with van der Waals surface area (Å²) in [5.41, 5.74) is 1.33. The lowest BCUT2D eigenvalue weighted by molar-refractivity contribution is -0.131. The number of benzene rings is 2. The number of rotatable bonds is 5. The van der Waals surface area contributed by atoms with Gasteiger partial charge in [0.1, 0.15) is 11.3 Å². The van der Waals surface area contributed by atoms with E-state index in [1.54, 1.807) is 31.5 Å². The summed E-state index contributed by atoms with van der Waals surface area (Å²) in [5, 5.41) is 11.5. The van der Waals surface area contributed by atoms with Crippen molar-refractivity contribution in [2.24, 2.45) is 0 Å². The number of halogens is 1. The fraction of sp³-hybridized carbons (Fsp3) is 0.292. The molecule has 2 amide bonds. The van der Waals surface area contributed by atoms with Gasteiger partial charge in [-0.3, -0.25) is 19.5 Å². The minimum Gasteiger partial charge on any atom is -0.505 e. The molecule has 0 aliphatic carbocycles. The molecule has 0 bridgehead atoms. The van der Waals surface area contributed by atoms with Crippen LogP contribution in [0.25, 0.3) is 10.9 Å². The van der Waals surface area contributed by atoms with Gasteiger partial charge in [0.05, 0.1) is 25.2 Å². The van der Waals surface area contributed by atoms with Crippen LogP contribution in [0, 0.1) is 5.82 Å². The van der Waals surface area contributed by atoms with Crippen molar-refractivity contribution in [2.75, 3.05) is 19.5 Å². The number of nitrogens with zero attached hydrogens (tertiary/aromatic N) is 2. The number of aromatic nitrogens is 1. The van der Waals surface area contributed by atoms with Gasteiger partial charge in [-0.2, -0.15) is 0 Å². The third-order valence-corrected chi connectivity index (χ3v) is 6.84. The summed E-state index contributed by atoms with van der Waals surface area (Å²) < 4.78 is 25.6. The molecule has 2 heterocycles. The van der Waals surface area contributed by atoms with Gasteiger partial charge in [-0.15, -0.1) is 0 Å². The normalized spacial score (nSPS) is 16.1. The molecule has 6 nitrogen and oxygen atoms in total. The second kappa shape index (κ2) is 8.83. The molecule has 1 aromatic heterocycles. The molecule has 32 heavy (non-hydrogen) atoms. The Balaban J connectivity index is 0.00000289. The predicted octanol–water partition coefficient (Wildman–Crippen LogP) is 4.99. The van der Waals surface area contributed by atoms with Crippen molar-refractivity contribution in [3.05, 3.63) is 71.2 Å². The van der Waals surface area contributed by atoms with Crippen molar-refractivity contribution in [1.29, 1.82) is 0 Å². The quantitative estimate of drug-likeness (QED) is 0.432. The zero-order valence-electron chi connectivity index (χ0n) is 17.2. The number of phenols is 1. The summed E-state index contributed by atoms with van der Waals surface area (Å²) in [5.74, 6) is -2.45. The Labute approximate surface area is 186 Å². The van der Waals surface area contributed by atoms with Gasteiger partial charge in [0.2, 0.25) is 5.91 Å². The Hall–Kier alpha value is -3.05. The molecule has 1 aliphatic rings. The molecular formula is C24H26FN2O4P. The Kier molecular flexibility index (Phi) is 6.51. The molecule has 0 fully saturated rings. The number of hydrogen-bond donors (Lipinski definition) is 1. The minimum atomic E-state index is -2.41. The topological polar surface area (TPSA) is 87.6 Å². The molecule has 8 heteroatoms. The van der Waals surface area contributed by atoms with Gasteiger partial charge in [-0.25, -0.2) is 4.39 Å². The summed E-state index contributed by atoms with van der Waals surface area (Å²) in [7, 11) is -2.41. The summed E-state index contributed by atoms with van der Waals surface area (Å²) in [4.78, 5) is 31.9. The number of pyridine rings is 1. The number of phenolic OH excluding ortho intramolecular Hbond substituents is 1. The van der Waals surface area contributed by atoms with Crippen LogP contribution in [0.15, 0.2) is 48.7 Å². The van der Waals surface area contributed by atoms with E-state index in [9.17, 15) is 23.7 Å². The number of aromatic hydroxyl groups is 1. The number of fused-ring (bicyclic) bond motifs is 2. The number of carbonyl (C=O) groups excluding carboxylic acids is 2. The van der Waals surface area contributed by atoms with Gasteiger partial charge in [0.15, 0.2) is 5.75 Å². The van der Waals surface area contributed by atoms with E-state index in [4.69, 9.17) is 0 Å². The van der Waals surface area contributed by atoms with Gasteiger partial charge in [0.25, 0.3) is 5.91 Å². The maximum Gasteiger partial charge on any atom is 0.264 e. The average Bonchev–Trinajstić information content (AvgIpc) is 2.71.